The number of aromatic amines is 1. The van der Waals surface area contributed by atoms with Crippen LogP contribution < -0.4 is 5.56 Å². The van der Waals surface area contributed by atoms with Crippen LogP contribution in [0.25, 0.3) is 11.2 Å². The van der Waals surface area contributed by atoms with Gasteiger partial charge >= 0.3 is 7.82 Å². The molecule has 0 amide bonds. The van der Waals surface area contributed by atoms with E-state index in [0.717, 1.165) is 0 Å². The Labute approximate surface area is 150 Å². The summed E-state index contributed by atoms with van der Waals surface area (Å²) in [7, 11) is -4.19. The van der Waals surface area contributed by atoms with Crippen molar-refractivity contribution in [1.82, 2.24) is 19.5 Å². The zero-order chi connectivity index (χ0) is 15.5. The minimum absolute atomic E-state index is 0. The van der Waals surface area contributed by atoms with E-state index >= 15 is 0 Å². The monoisotopic (exact) mass is 353 g/mol. The Morgan fingerprint density at radius 3 is 3.00 bits per heavy atom. The van der Waals surface area contributed by atoms with E-state index in [9.17, 15) is 19.4 Å². The molecule has 5 unspecified atom stereocenters. The predicted molar refractivity (Wildman–Crippen MR) is 74.5 cm³/mol. The number of imidazole rings is 1. The Bertz CT molecular complexity index is 840. The standard InChI is InChI=1S/C10H11N4O7P.Na/c15-6-7-4(1-19-22(17,18)21-7)20-10(6)14-3-13-5-8(14)11-2-12-9(5)16;/h2-4,6-7,10,15H,1H2,(H,17,18)(H,11,12,16);. The van der Waals surface area contributed by atoms with Crippen molar-refractivity contribution in [3.63, 3.8) is 0 Å². The van der Waals surface area contributed by atoms with E-state index in [-0.39, 0.29) is 47.3 Å². The summed E-state index contributed by atoms with van der Waals surface area (Å²) >= 11 is 0. The third-order valence-corrected chi connectivity index (χ3v) is 4.59. The van der Waals surface area contributed by atoms with Crippen molar-refractivity contribution in [2.45, 2.75) is 24.5 Å². The molecule has 2 saturated heterocycles. The molecule has 2 aromatic rings. The molecule has 2 aliphatic rings. The van der Waals surface area contributed by atoms with Gasteiger partial charge < -0.3 is 19.7 Å². The van der Waals surface area contributed by atoms with Gasteiger partial charge in [0.25, 0.3) is 5.56 Å². The van der Waals surface area contributed by atoms with Crippen LogP contribution in [0.2, 0.25) is 0 Å². The molecule has 1 radical (unpaired) electrons. The van der Waals surface area contributed by atoms with Crippen LogP contribution >= 0.6 is 7.82 Å². The molecule has 0 bridgehead atoms. The fraction of sp³-hybridized carbons (Fsp3) is 0.500. The first-order valence-electron chi connectivity index (χ1n) is 6.36. The largest absolute Gasteiger partial charge is 0.472 e. The van der Waals surface area contributed by atoms with Gasteiger partial charge in [-0.1, -0.05) is 0 Å². The Balaban J connectivity index is 0.00000156. The number of ether oxygens (including phenoxy) is 1. The zero-order valence-corrected chi connectivity index (χ0v) is 14.8. The number of fused-ring (bicyclic) bond motifs is 2. The maximum atomic E-state index is 11.6. The van der Waals surface area contributed by atoms with Gasteiger partial charge in [0.2, 0.25) is 0 Å². The van der Waals surface area contributed by atoms with Gasteiger partial charge in [0.05, 0.1) is 19.3 Å². The quantitative estimate of drug-likeness (QED) is 0.412. The molecule has 2 fully saturated rings. The van der Waals surface area contributed by atoms with Crippen molar-refractivity contribution in [1.29, 1.82) is 0 Å². The van der Waals surface area contributed by atoms with Crippen LogP contribution in [0.3, 0.4) is 0 Å². The number of hydrogen-bond donors (Lipinski definition) is 3. The van der Waals surface area contributed by atoms with E-state index in [1.54, 1.807) is 0 Å². The SMILES string of the molecule is O=c1[nH]cnc2c1ncn2C1OC2COP(=O)(O)OC2C1O.[Na]. The average Bonchev–Trinajstić information content (AvgIpc) is 3.01. The summed E-state index contributed by atoms with van der Waals surface area (Å²) in [5.74, 6) is 0. The maximum absolute atomic E-state index is 11.6. The third-order valence-electron chi connectivity index (χ3n) is 3.61. The molecule has 0 aliphatic carbocycles. The van der Waals surface area contributed by atoms with Crippen molar-refractivity contribution in [3.05, 3.63) is 23.0 Å². The molecule has 4 rings (SSSR count). The first-order valence-corrected chi connectivity index (χ1v) is 7.85. The third kappa shape index (κ3) is 2.82. The molecular weight excluding hydrogens is 342 g/mol. The van der Waals surface area contributed by atoms with Crippen molar-refractivity contribution >= 4 is 48.5 Å². The van der Waals surface area contributed by atoms with Gasteiger partial charge in [-0.05, 0) is 0 Å². The van der Waals surface area contributed by atoms with Crippen molar-refractivity contribution in [2.24, 2.45) is 0 Å². The van der Waals surface area contributed by atoms with E-state index in [4.69, 9.17) is 9.26 Å². The molecule has 0 aromatic carbocycles. The molecule has 0 spiro atoms. The minimum Gasteiger partial charge on any atom is -0.386 e. The molecule has 3 N–H and O–H groups in total. The van der Waals surface area contributed by atoms with Crippen LogP contribution in [0.5, 0.6) is 0 Å². The molecule has 0 saturated carbocycles. The number of phosphoric acid groups is 1. The summed E-state index contributed by atoms with van der Waals surface area (Å²) in [5, 5.41) is 10.3. The van der Waals surface area contributed by atoms with Crippen LogP contribution in [0, 0.1) is 0 Å². The van der Waals surface area contributed by atoms with Gasteiger partial charge in [0.1, 0.15) is 18.3 Å². The van der Waals surface area contributed by atoms with Crippen LogP contribution in [-0.2, 0) is 18.3 Å². The van der Waals surface area contributed by atoms with Crippen molar-refractivity contribution < 1.29 is 28.3 Å². The molecule has 13 heteroatoms. The van der Waals surface area contributed by atoms with Gasteiger partial charge in [0.15, 0.2) is 17.4 Å². The fourth-order valence-electron chi connectivity index (χ4n) is 2.61. The second kappa shape index (κ2) is 6.03. The predicted octanol–water partition coefficient (Wildman–Crippen LogP) is -1.49. The molecule has 11 nitrogen and oxygen atoms in total. The smallest absolute Gasteiger partial charge is 0.386 e. The maximum Gasteiger partial charge on any atom is 0.472 e. The second-order valence-corrected chi connectivity index (χ2v) is 6.35. The number of aliphatic hydroxyl groups excluding tert-OH is 1. The van der Waals surface area contributed by atoms with Gasteiger partial charge in [0, 0.05) is 29.6 Å². The summed E-state index contributed by atoms with van der Waals surface area (Å²) in [6.45, 7) is -0.188. The Morgan fingerprint density at radius 1 is 1.43 bits per heavy atom. The minimum atomic E-state index is -4.19. The number of phosphoric ester groups is 1. The van der Waals surface area contributed by atoms with Crippen LogP contribution in [-0.4, -0.2) is 84.0 Å². The molecule has 119 valence electrons. The molecule has 2 aromatic heterocycles. The Kier molecular flexibility index (Phi) is 4.51. The van der Waals surface area contributed by atoms with E-state index in [1.165, 1.54) is 17.2 Å². The van der Waals surface area contributed by atoms with E-state index in [1.807, 2.05) is 0 Å². The zero-order valence-electron chi connectivity index (χ0n) is 11.9. The molecular formula is C10H11N4NaO7P. The summed E-state index contributed by atoms with van der Waals surface area (Å²) in [5.41, 5.74) is -0.106. The summed E-state index contributed by atoms with van der Waals surface area (Å²) in [6.07, 6.45) is -1.43. The number of aliphatic hydroxyl groups is 1. The van der Waals surface area contributed by atoms with Crippen LogP contribution in [0.4, 0.5) is 0 Å². The molecule has 2 aliphatic heterocycles. The van der Waals surface area contributed by atoms with Gasteiger partial charge in [-0.25, -0.2) is 14.5 Å². The number of nitrogens with zero attached hydrogens (tertiary/aromatic N) is 3. The Hall–Kier alpha value is -0.620. The molecule has 23 heavy (non-hydrogen) atoms. The van der Waals surface area contributed by atoms with Crippen molar-refractivity contribution in [2.75, 3.05) is 6.61 Å². The fourth-order valence-corrected chi connectivity index (χ4v) is 3.58. The van der Waals surface area contributed by atoms with E-state index < -0.39 is 37.9 Å². The summed E-state index contributed by atoms with van der Waals surface area (Å²) in [6, 6.07) is 0. The number of H-pyrrole nitrogens is 1. The van der Waals surface area contributed by atoms with Gasteiger partial charge in [-0.2, -0.15) is 0 Å². The first kappa shape index (κ1) is 17.2. The normalized spacial score (nSPS) is 36.6. The number of rotatable bonds is 1. The first-order chi connectivity index (χ1) is 10.5. The summed E-state index contributed by atoms with van der Waals surface area (Å²) < 4.78 is 27.9. The van der Waals surface area contributed by atoms with Gasteiger partial charge in [-0.15, -0.1) is 0 Å². The van der Waals surface area contributed by atoms with Crippen LogP contribution in [0.1, 0.15) is 6.23 Å². The number of nitrogens with one attached hydrogen (secondary N) is 1. The number of hydrogen-bond acceptors (Lipinski definition) is 8. The second-order valence-electron chi connectivity index (χ2n) is 4.95. The van der Waals surface area contributed by atoms with Gasteiger partial charge in [-0.3, -0.25) is 18.4 Å². The van der Waals surface area contributed by atoms with E-state index in [2.05, 4.69) is 19.5 Å². The molecule has 4 heterocycles. The Morgan fingerprint density at radius 2 is 2.22 bits per heavy atom. The molecule has 5 atom stereocenters. The van der Waals surface area contributed by atoms with Crippen molar-refractivity contribution in [3.8, 4) is 0 Å². The average molecular weight is 353 g/mol. The van der Waals surface area contributed by atoms with Crippen LogP contribution in [0.15, 0.2) is 17.4 Å². The summed E-state index contributed by atoms with van der Waals surface area (Å²) in [4.78, 5) is 31.3. The topological polar surface area (TPSA) is 149 Å². The van der Waals surface area contributed by atoms with E-state index in [0.29, 0.717) is 0 Å². The number of aromatic nitrogens is 4.